The third-order valence-corrected chi connectivity index (χ3v) is 4.96. The molecule has 5 heteroatoms. The summed E-state index contributed by atoms with van der Waals surface area (Å²) in [7, 11) is 0. The number of hydrogen-bond acceptors (Lipinski definition) is 2. The molecule has 1 saturated heterocycles. The number of hydrogen-bond donors (Lipinski definition) is 1. The Hall–Kier alpha value is -2.01. The smallest absolute Gasteiger partial charge is 0.321 e. The number of carbonyl (C=O) groups excluding carboxylic acids is 1. The quantitative estimate of drug-likeness (QED) is 0.827. The first-order valence-corrected chi connectivity index (χ1v) is 8.96. The van der Waals surface area contributed by atoms with E-state index in [9.17, 15) is 4.79 Å². The molecule has 24 heavy (non-hydrogen) atoms. The Morgan fingerprint density at radius 3 is 2.38 bits per heavy atom. The Kier molecular flexibility index (Phi) is 5.09. The fourth-order valence-electron chi connectivity index (χ4n) is 2.91. The van der Waals surface area contributed by atoms with E-state index < -0.39 is 0 Å². The number of amides is 2. The Morgan fingerprint density at radius 2 is 1.71 bits per heavy atom. The summed E-state index contributed by atoms with van der Waals surface area (Å²) < 4.78 is 0.911. The van der Waals surface area contributed by atoms with Gasteiger partial charge in [0, 0.05) is 36.3 Å². The summed E-state index contributed by atoms with van der Waals surface area (Å²) in [6, 6.07) is 14.4. The van der Waals surface area contributed by atoms with Crippen molar-refractivity contribution in [1.29, 1.82) is 0 Å². The van der Waals surface area contributed by atoms with Gasteiger partial charge in [-0.15, -0.1) is 0 Å². The molecule has 126 valence electrons. The first-order valence-electron chi connectivity index (χ1n) is 8.16. The molecular formula is C19H22BrN3O. The molecule has 3 rings (SSSR count). The summed E-state index contributed by atoms with van der Waals surface area (Å²) in [6.07, 6.45) is 0. The van der Waals surface area contributed by atoms with Crippen LogP contribution in [0.1, 0.15) is 11.1 Å². The second-order valence-electron chi connectivity index (χ2n) is 6.23. The first kappa shape index (κ1) is 16.8. The molecule has 1 N–H and O–H groups in total. The minimum Gasteiger partial charge on any atom is -0.368 e. The molecule has 1 aliphatic rings. The average molecular weight is 388 g/mol. The van der Waals surface area contributed by atoms with Crippen molar-refractivity contribution in [3.63, 3.8) is 0 Å². The van der Waals surface area contributed by atoms with Gasteiger partial charge in [0.15, 0.2) is 0 Å². The highest BCUT2D eigenvalue weighted by molar-refractivity contribution is 9.10. The van der Waals surface area contributed by atoms with Gasteiger partial charge in [0.05, 0.1) is 5.69 Å². The lowest BCUT2D eigenvalue weighted by Gasteiger charge is -2.36. The summed E-state index contributed by atoms with van der Waals surface area (Å²) >= 11 is 3.51. The summed E-state index contributed by atoms with van der Waals surface area (Å²) in [4.78, 5) is 16.7. The lowest BCUT2D eigenvalue weighted by atomic mass is 10.2. The van der Waals surface area contributed by atoms with Crippen LogP contribution in [0.25, 0.3) is 0 Å². The van der Waals surface area contributed by atoms with Crippen LogP contribution in [0.15, 0.2) is 46.9 Å². The van der Waals surface area contributed by atoms with Crippen LogP contribution in [0.2, 0.25) is 0 Å². The van der Waals surface area contributed by atoms with Crippen molar-refractivity contribution in [3.8, 4) is 0 Å². The Balaban J connectivity index is 1.59. The van der Waals surface area contributed by atoms with Gasteiger partial charge in [-0.3, -0.25) is 0 Å². The number of carbonyl (C=O) groups is 1. The molecule has 0 spiro atoms. The van der Waals surface area contributed by atoms with Gasteiger partial charge in [-0.2, -0.15) is 0 Å². The van der Waals surface area contributed by atoms with Gasteiger partial charge in [0.2, 0.25) is 0 Å². The van der Waals surface area contributed by atoms with Crippen LogP contribution in [0.4, 0.5) is 16.2 Å². The predicted molar refractivity (Wildman–Crippen MR) is 103 cm³/mol. The molecule has 1 aliphatic heterocycles. The molecule has 0 radical (unpaired) electrons. The van der Waals surface area contributed by atoms with E-state index in [0.717, 1.165) is 41.9 Å². The number of rotatable bonds is 2. The number of urea groups is 1. The van der Waals surface area contributed by atoms with Gasteiger partial charge < -0.3 is 15.1 Å². The fourth-order valence-corrected chi connectivity index (χ4v) is 3.50. The van der Waals surface area contributed by atoms with Gasteiger partial charge >= 0.3 is 6.03 Å². The van der Waals surface area contributed by atoms with Gasteiger partial charge in [-0.25, -0.2) is 4.79 Å². The van der Waals surface area contributed by atoms with E-state index in [2.05, 4.69) is 57.3 Å². The summed E-state index contributed by atoms with van der Waals surface area (Å²) in [5.74, 6) is 0. The van der Waals surface area contributed by atoms with Crippen molar-refractivity contribution >= 4 is 33.3 Å². The topological polar surface area (TPSA) is 35.6 Å². The molecule has 0 atom stereocenters. The standard InChI is InChI=1S/C19H22BrN3O/c1-14-4-3-5-16(12-14)22-8-10-23(11-9-22)19(24)21-18-7-6-15(2)13-17(18)20/h3-7,12-13H,8-11H2,1-2H3,(H,21,24). The normalized spacial score (nSPS) is 14.6. The van der Waals surface area contributed by atoms with Crippen LogP contribution in [0.5, 0.6) is 0 Å². The van der Waals surface area contributed by atoms with Crippen LogP contribution >= 0.6 is 15.9 Å². The van der Waals surface area contributed by atoms with Crippen molar-refractivity contribution < 1.29 is 4.79 Å². The van der Waals surface area contributed by atoms with E-state index in [0.29, 0.717) is 0 Å². The molecule has 0 aliphatic carbocycles. The Labute approximate surface area is 151 Å². The van der Waals surface area contributed by atoms with Crippen LogP contribution in [0.3, 0.4) is 0 Å². The largest absolute Gasteiger partial charge is 0.368 e. The zero-order valence-electron chi connectivity index (χ0n) is 14.1. The summed E-state index contributed by atoms with van der Waals surface area (Å²) in [5.41, 5.74) is 4.46. The molecule has 2 aromatic rings. The molecule has 0 saturated carbocycles. The second kappa shape index (κ2) is 7.26. The molecule has 4 nitrogen and oxygen atoms in total. The molecule has 2 amide bonds. The van der Waals surface area contributed by atoms with E-state index in [1.54, 1.807) is 0 Å². The van der Waals surface area contributed by atoms with Crippen molar-refractivity contribution in [3.05, 3.63) is 58.1 Å². The highest BCUT2D eigenvalue weighted by atomic mass is 79.9. The van der Waals surface area contributed by atoms with Crippen LogP contribution in [-0.4, -0.2) is 37.1 Å². The maximum Gasteiger partial charge on any atom is 0.321 e. The number of piperazine rings is 1. The molecule has 1 fully saturated rings. The second-order valence-corrected chi connectivity index (χ2v) is 7.08. The van der Waals surface area contributed by atoms with E-state index in [1.165, 1.54) is 11.3 Å². The molecule has 1 heterocycles. The van der Waals surface area contributed by atoms with E-state index in [-0.39, 0.29) is 6.03 Å². The van der Waals surface area contributed by atoms with Crippen LogP contribution in [-0.2, 0) is 0 Å². The number of aryl methyl sites for hydroxylation is 2. The maximum atomic E-state index is 12.5. The van der Waals surface area contributed by atoms with Crippen molar-refractivity contribution in [2.45, 2.75) is 13.8 Å². The third-order valence-electron chi connectivity index (χ3n) is 4.30. The average Bonchev–Trinajstić information content (AvgIpc) is 2.57. The zero-order valence-corrected chi connectivity index (χ0v) is 15.6. The van der Waals surface area contributed by atoms with Gasteiger partial charge in [-0.1, -0.05) is 18.2 Å². The lowest BCUT2D eigenvalue weighted by molar-refractivity contribution is 0.208. The molecule has 2 aromatic carbocycles. The van der Waals surface area contributed by atoms with E-state index in [4.69, 9.17) is 0 Å². The Morgan fingerprint density at radius 1 is 1.00 bits per heavy atom. The predicted octanol–water partition coefficient (Wildman–Crippen LogP) is 4.42. The van der Waals surface area contributed by atoms with E-state index >= 15 is 0 Å². The van der Waals surface area contributed by atoms with Crippen molar-refractivity contribution in [1.82, 2.24) is 4.90 Å². The van der Waals surface area contributed by atoms with Crippen LogP contribution in [0, 0.1) is 13.8 Å². The van der Waals surface area contributed by atoms with Crippen LogP contribution < -0.4 is 10.2 Å². The Bertz CT molecular complexity index is 739. The highest BCUT2D eigenvalue weighted by Gasteiger charge is 2.21. The number of nitrogens with one attached hydrogen (secondary N) is 1. The number of benzene rings is 2. The zero-order chi connectivity index (χ0) is 17.1. The minimum absolute atomic E-state index is 0.0385. The number of nitrogens with zero attached hydrogens (tertiary/aromatic N) is 2. The number of anilines is 2. The maximum absolute atomic E-state index is 12.5. The summed E-state index contributed by atoms with van der Waals surface area (Å²) in [5, 5.41) is 2.99. The summed E-state index contributed by atoms with van der Waals surface area (Å²) in [6.45, 7) is 7.29. The lowest BCUT2D eigenvalue weighted by Crippen LogP contribution is -2.50. The fraction of sp³-hybridized carbons (Fsp3) is 0.316. The molecular weight excluding hydrogens is 366 g/mol. The molecule has 0 bridgehead atoms. The monoisotopic (exact) mass is 387 g/mol. The third kappa shape index (κ3) is 3.90. The molecule has 0 unspecified atom stereocenters. The first-order chi connectivity index (χ1) is 11.5. The number of halogens is 1. The SMILES string of the molecule is Cc1cccc(N2CCN(C(=O)Nc3ccc(C)cc3Br)CC2)c1. The van der Waals surface area contributed by atoms with Gasteiger partial charge in [0.1, 0.15) is 0 Å². The van der Waals surface area contributed by atoms with Gasteiger partial charge in [0.25, 0.3) is 0 Å². The molecule has 0 aromatic heterocycles. The van der Waals surface area contributed by atoms with Gasteiger partial charge in [-0.05, 0) is 65.2 Å². The van der Waals surface area contributed by atoms with Crippen molar-refractivity contribution in [2.75, 3.05) is 36.4 Å². The minimum atomic E-state index is -0.0385. The highest BCUT2D eigenvalue weighted by Crippen LogP contribution is 2.24. The van der Waals surface area contributed by atoms with Crippen molar-refractivity contribution in [2.24, 2.45) is 0 Å². The van der Waals surface area contributed by atoms with E-state index in [1.807, 2.05) is 30.0 Å².